The van der Waals surface area contributed by atoms with E-state index in [0.29, 0.717) is 0 Å². The summed E-state index contributed by atoms with van der Waals surface area (Å²) in [6, 6.07) is 15.4. The third kappa shape index (κ3) is 3.13. The summed E-state index contributed by atoms with van der Waals surface area (Å²) in [7, 11) is 1.64. The van der Waals surface area contributed by atoms with Crippen molar-refractivity contribution in [2.24, 2.45) is 0 Å². The lowest BCUT2D eigenvalue weighted by atomic mass is 10.2. The molecule has 6 heteroatoms. The monoisotopic (exact) mass is 339 g/mol. The molecule has 0 saturated carbocycles. The second-order valence-corrected chi connectivity index (χ2v) is 6.22. The number of urea groups is 1. The number of carbonyl (C=O) groups excluding carboxylic acids is 1. The van der Waals surface area contributed by atoms with Crippen molar-refractivity contribution in [3.63, 3.8) is 0 Å². The number of fused-ring (bicyclic) bond motifs is 1. The van der Waals surface area contributed by atoms with E-state index in [1.807, 2.05) is 58.3 Å². The normalized spacial score (nSPS) is 19.7. The van der Waals surface area contributed by atoms with Crippen LogP contribution in [0.3, 0.4) is 0 Å². The topological polar surface area (TPSA) is 54.0 Å². The Kier molecular flexibility index (Phi) is 4.19. The summed E-state index contributed by atoms with van der Waals surface area (Å²) in [6.07, 6.45) is 0. The first-order chi connectivity index (χ1) is 12.2. The first kappa shape index (κ1) is 15.8. The second kappa shape index (κ2) is 6.64. The second-order valence-electron chi connectivity index (χ2n) is 6.22. The maximum absolute atomic E-state index is 12.6. The number of piperazine rings is 1. The molecule has 1 atom stereocenters. The van der Waals surface area contributed by atoms with Crippen molar-refractivity contribution in [2.45, 2.75) is 6.04 Å². The molecule has 2 heterocycles. The number of ether oxygens (including phenoxy) is 2. The molecule has 0 aliphatic carbocycles. The van der Waals surface area contributed by atoms with Gasteiger partial charge < -0.3 is 19.7 Å². The van der Waals surface area contributed by atoms with Gasteiger partial charge in [0.05, 0.1) is 13.2 Å². The van der Waals surface area contributed by atoms with Crippen molar-refractivity contribution in [1.82, 2.24) is 10.2 Å². The SMILES string of the molecule is COc1ccc(Oc2ccc(N3C[C@@H]4CNCCN4C3=O)cc2)cc1. The van der Waals surface area contributed by atoms with E-state index in [1.54, 1.807) is 7.11 Å². The Morgan fingerprint density at radius 1 is 1.00 bits per heavy atom. The molecule has 0 bridgehead atoms. The lowest BCUT2D eigenvalue weighted by molar-refractivity contribution is 0.193. The quantitative estimate of drug-likeness (QED) is 0.931. The van der Waals surface area contributed by atoms with Gasteiger partial charge in [-0.05, 0) is 48.5 Å². The van der Waals surface area contributed by atoms with Gasteiger partial charge in [-0.1, -0.05) is 0 Å². The highest BCUT2D eigenvalue weighted by Gasteiger charge is 2.38. The summed E-state index contributed by atoms with van der Waals surface area (Å²) in [4.78, 5) is 16.4. The van der Waals surface area contributed by atoms with E-state index < -0.39 is 0 Å². The minimum absolute atomic E-state index is 0.0929. The zero-order chi connectivity index (χ0) is 17.2. The molecule has 2 aromatic carbocycles. The van der Waals surface area contributed by atoms with Crippen LogP contribution in [0.5, 0.6) is 17.2 Å². The average molecular weight is 339 g/mol. The Bertz CT molecular complexity index is 746. The number of carbonyl (C=O) groups is 1. The zero-order valence-electron chi connectivity index (χ0n) is 14.1. The summed E-state index contributed by atoms with van der Waals surface area (Å²) in [5.41, 5.74) is 0.904. The van der Waals surface area contributed by atoms with Gasteiger partial charge in [0.2, 0.25) is 0 Å². The van der Waals surface area contributed by atoms with E-state index in [2.05, 4.69) is 5.32 Å². The lowest BCUT2D eigenvalue weighted by Crippen LogP contribution is -2.49. The predicted molar refractivity (Wildman–Crippen MR) is 95.6 cm³/mol. The molecule has 1 N–H and O–H groups in total. The molecule has 6 nitrogen and oxygen atoms in total. The number of nitrogens with one attached hydrogen (secondary N) is 1. The highest BCUT2D eigenvalue weighted by atomic mass is 16.5. The zero-order valence-corrected chi connectivity index (χ0v) is 14.1. The van der Waals surface area contributed by atoms with Crippen molar-refractivity contribution in [3.05, 3.63) is 48.5 Å². The molecule has 0 spiro atoms. The van der Waals surface area contributed by atoms with E-state index in [4.69, 9.17) is 9.47 Å². The van der Waals surface area contributed by atoms with Crippen molar-refractivity contribution in [1.29, 1.82) is 0 Å². The molecular weight excluding hydrogens is 318 g/mol. The molecular formula is C19H21N3O3. The van der Waals surface area contributed by atoms with Crippen LogP contribution in [-0.4, -0.2) is 50.3 Å². The van der Waals surface area contributed by atoms with E-state index >= 15 is 0 Å². The number of hydrogen-bond donors (Lipinski definition) is 1. The Morgan fingerprint density at radius 3 is 2.28 bits per heavy atom. The van der Waals surface area contributed by atoms with Gasteiger partial charge in [0.25, 0.3) is 0 Å². The fourth-order valence-electron chi connectivity index (χ4n) is 3.31. The number of rotatable bonds is 4. The summed E-state index contributed by atoms with van der Waals surface area (Å²) >= 11 is 0. The van der Waals surface area contributed by atoms with Crippen LogP contribution in [0.15, 0.2) is 48.5 Å². The Balaban J connectivity index is 1.45. The van der Waals surface area contributed by atoms with Crippen LogP contribution in [0.4, 0.5) is 10.5 Å². The summed E-state index contributed by atoms with van der Waals surface area (Å²) in [5.74, 6) is 2.27. The Labute approximate surface area is 146 Å². The third-order valence-electron chi connectivity index (χ3n) is 4.66. The smallest absolute Gasteiger partial charge is 0.324 e. The largest absolute Gasteiger partial charge is 0.497 e. The van der Waals surface area contributed by atoms with Crippen molar-refractivity contribution in [2.75, 3.05) is 38.2 Å². The van der Waals surface area contributed by atoms with Gasteiger partial charge >= 0.3 is 6.03 Å². The number of anilines is 1. The average Bonchev–Trinajstić information content (AvgIpc) is 3.00. The number of nitrogens with zero attached hydrogens (tertiary/aromatic N) is 2. The van der Waals surface area contributed by atoms with Gasteiger partial charge in [-0.3, -0.25) is 4.90 Å². The Morgan fingerprint density at radius 2 is 1.64 bits per heavy atom. The lowest BCUT2D eigenvalue weighted by Gasteiger charge is -2.28. The molecule has 2 aliphatic heterocycles. The van der Waals surface area contributed by atoms with Crippen LogP contribution in [-0.2, 0) is 0 Å². The van der Waals surface area contributed by atoms with Crippen LogP contribution in [0.2, 0.25) is 0 Å². The van der Waals surface area contributed by atoms with Crippen LogP contribution < -0.4 is 19.7 Å². The fourth-order valence-corrected chi connectivity index (χ4v) is 3.31. The summed E-state index contributed by atoms with van der Waals surface area (Å²) in [5, 5.41) is 3.34. The van der Waals surface area contributed by atoms with Crippen molar-refractivity contribution >= 4 is 11.7 Å². The van der Waals surface area contributed by atoms with E-state index in [-0.39, 0.29) is 12.1 Å². The van der Waals surface area contributed by atoms with Crippen LogP contribution >= 0.6 is 0 Å². The number of methoxy groups -OCH3 is 1. The number of hydrogen-bond acceptors (Lipinski definition) is 4. The standard InChI is InChI=1S/C19H21N3O3/c1-24-16-6-8-18(9-7-16)25-17-4-2-14(3-5-17)22-13-15-12-20-10-11-21(15)19(22)23/h2-9,15,20H,10-13H2,1H3/t15-/m0/s1. The molecule has 2 aliphatic rings. The predicted octanol–water partition coefficient (Wildman–Crippen LogP) is 2.70. The Hall–Kier alpha value is -2.73. The van der Waals surface area contributed by atoms with Gasteiger partial charge in [-0.25, -0.2) is 4.79 Å². The maximum Gasteiger partial charge on any atom is 0.324 e. The van der Waals surface area contributed by atoms with Crippen LogP contribution in [0.25, 0.3) is 0 Å². The molecule has 0 unspecified atom stereocenters. The molecule has 2 fully saturated rings. The van der Waals surface area contributed by atoms with Gasteiger partial charge in [-0.2, -0.15) is 0 Å². The number of amides is 2. The molecule has 25 heavy (non-hydrogen) atoms. The first-order valence-corrected chi connectivity index (χ1v) is 8.45. The highest BCUT2D eigenvalue weighted by Crippen LogP contribution is 2.29. The molecule has 130 valence electrons. The minimum Gasteiger partial charge on any atom is -0.497 e. The van der Waals surface area contributed by atoms with Gasteiger partial charge in [0.15, 0.2) is 0 Å². The summed E-state index contributed by atoms with van der Waals surface area (Å²) in [6.45, 7) is 3.23. The molecule has 0 aromatic heterocycles. The third-order valence-corrected chi connectivity index (χ3v) is 4.66. The molecule has 4 rings (SSSR count). The van der Waals surface area contributed by atoms with Gasteiger partial charge in [0.1, 0.15) is 17.2 Å². The first-order valence-electron chi connectivity index (χ1n) is 8.45. The molecule has 0 radical (unpaired) electrons. The van der Waals surface area contributed by atoms with Crippen LogP contribution in [0, 0.1) is 0 Å². The van der Waals surface area contributed by atoms with Gasteiger partial charge in [-0.15, -0.1) is 0 Å². The highest BCUT2D eigenvalue weighted by molar-refractivity contribution is 5.94. The molecule has 2 amide bonds. The number of benzene rings is 2. The minimum atomic E-state index is 0.0929. The van der Waals surface area contributed by atoms with E-state index in [1.165, 1.54) is 0 Å². The fraction of sp³-hybridized carbons (Fsp3) is 0.316. The van der Waals surface area contributed by atoms with E-state index in [9.17, 15) is 4.79 Å². The summed E-state index contributed by atoms with van der Waals surface area (Å²) < 4.78 is 11.0. The maximum atomic E-state index is 12.6. The molecule has 2 saturated heterocycles. The van der Waals surface area contributed by atoms with Crippen molar-refractivity contribution < 1.29 is 14.3 Å². The molecule has 2 aromatic rings. The van der Waals surface area contributed by atoms with E-state index in [0.717, 1.165) is 49.1 Å². The van der Waals surface area contributed by atoms with Gasteiger partial charge in [0, 0.05) is 31.9 Å². The van der Waals surface area contributed by atoms with Crippen molar-refractivity contribution in [3.8, 4) is 17.2 Å². The van der Waals surface area contributed by atoms with Crippen LogP contribution in [0.1, 0.15) is 0 Å².